The van der Waals surface area contributed by atoms with Crippen molar-refractivity contribution in [2.45, 2.75) is 44.7 Å². The number of methoxy groups -OCH3 is 1. The van der Waals surface area contributed by atoms with Crippen LogP contribution in [0.2, 0.25) is 0 Å². The Hall–Kier alpha value is -0.610. The number of hydrogen-bond acceptors (Lipinski definition) is 3. The van der Waals surface area contributed by atoms with Gasteiger partial charge >= 0.3 is 5.97 Å². The fraction of sp³-hybridized carbons (Fsp3) is 0.909. The molecule has 0 aromatic carbocycles. The van der Waals surface area contributed by atoms with Crippen molar-refractivity contribution < 1.29 is 14.6 Å². The second kappa shape index (κ2) is 6.08. The molecule has 15 heavy (non-hydrogen) atoms. The zero-order valence-corrected chi connectivity index (χ0v) is 9.53. The molecule has 0 aliphatic heterocycles. The quantitative estimate of drug-likeness (QED) is 0.724. The molecule has 2 N–H and O–H groups in total. The zero-order valence-electron chi connectivity index (χ0n) is 9.53. The second-order valence-electron chi connectivity index (χ2n) is 4.42. The number of carboxylic acids is 1. The van der Waals surface area contributed by atoms with Gasteiger partial charge in [-0.05, 0) is 26.2 Å². The van der Waals surface area contributed by atoms with Crippen LogP contribution in [0.15, 0.2) is 0 Å². The molecule has 0 aromatic heterocycles. The highest BCUT2D eigenvalue weighted by Gasteiger charge is 2.27. The van der Waals surface area contributed by atoms with Crippen LogP contribution in [0.1, 0.15) is 32.6 Å². The van der Waals surface area contributed by atoms with Crippen molar-refractivity contribution in [2.75, 3.05) is 13.7 Å². The molecule has 1 aliphatic rings. The standard InChI is InChI=1S/C11H21NO3/c1-8(7-15-2)12-10-5-3-4-9(6-10)11(13)14/h8-10,12H,3-7H2,1-2H3,(H,13,14). The van der Waals surface area contributed by atoms with Crippen LogP contribution in [-0.4, -0.2) is 36.9 Å². The molecule has 1 saturated carbocycles. The predicted octanol–water partition coefficient (Wildman–Crippen LogP) is 1.25. The topological polar surface area (TPSA) is 58.6 Å². The molecular weight excluding hydrogens is 194 g/mol. The Morgan fingerprint density at radius 1 is 1.60 bits per heavy atom. The molecular formula is C11H21NO3. The van der Waals surface area contributed by atoms with Crippen molar-refractivity contribution in [1.29, 1.82) is 0 Å². The third kappa shape index (κ3) is 4.18. The van der Waals surface area contributed by atoms with Gasteiger partial charge in [0.1, 0.15) is 0 Å². The van der Waals surface area contributed by atoms with Crippen molar-refractivity contribution in [1.82, 2.24) is 5.32 Å². The minimum atomic E-state index is -0.652. The molecule has 1 fully saturated rings. The number of rotatable bonds is 5. The van der Waals surface area contributed by atoms with Gasteiger partial charge in [-0.3, -0.25) is 4.79 Å². The van der Waals surface area contributed by atoms with E-state index in [-0.39, 0.29) is 5.92 Å². The number of aliphatic carboxylic acids is 1. The number of carbonyl (C=O) groups is 1. The van der Waals surface area contributed by atoms with Gasteiger partial charge < -0.3 is 15.2 Å². The van der Waals surface area contributed by atoms with Gasteiger partial charge in [-0.15, -0.1) is 0 Å². The highest BCUT2D eigenvalue weighted by molar-refractivity contribution is 5.70. The van der Waals surface area contributed by atoms with Gasteiger partial charge in [0.15, 0.2) is 0 Å². The molecule has 0 heterocycles. The summed E-state index contributed by atoms with van der Waals surface area (Å²) in [5, 5.41) is 12.4. The zero-order chi connectivity index (χ0) is 11.3. The van der Waals surface area contributed by atoms with Crippen molar-refractivity contribution in [3.05, 3.63) is 0 Å². The van der Waals surface area contributed by atoms with Crippen LogP contribution in [0.25, 0.3) is 0 Å². The number of nitrogens with one attached hydrogen (secondary N) is 1. The smallest absolute Gasteiger partial charge is 0.306 e. The first-order chi connectivity index (χ1) is 7.13. The molecule has 3 atom stereocenters. The SMILES string of the molecule is COCC(C)NC1CCCC(C(=O)O)C1. The Morgan fingerprint density at radius 3 is 2.93 bits per heavy atom. The number of hydrogen-bond donors (Lipinski definition) is 2. The van der Waals surface area contributed by atoms with Crippen molar-refractivity contribution in [3.8, 4) is 0 Å². The van der Waals surface area contributed by atoms with Crippen molar-refractivity contribution >= 4 is 5.97 Å². The van der Waals surface area contributed by atoms with E-state index in [0.29, 0.717) is 18.7 Å². The lowest BCUT2D eigenvalue weighted by Gasteiger charge is -2.29. The lowest BCUT2D eigenvalue weighted by Crippen LogP contribution is -2.42. The van der Waals surface area contributed by atoms with E-state index in [0.717, 1.165) is 25.7 Å². The molecule has 1 rings (SSSR count). The predicted molar refractivity (Wildman–Crippen MR) is 57.9 cm³/mol. The monoisotopic (exact) mass is 215 g/mol. The van der Waals surface area contributed by atoms with Gasteiger partial charge in [-0.2, -0.15) is 0 Å². The van der Waals surface area contributed by atoms with Crippen molar-refractivity contribution in [2.24, 2.45) is 5.92 Å². The van der Waals surface area contributed by atoms with E-state index in [1.165, 1.54) is 0 Å². The molecule has 1 aliphatic carbocycles. The fourth-order valence-corrected chi connectivity index (χ4v) is 2.27. The third-order valence-electron chi connectivity index (χ3n) is 2.96. The Labute approximate surface area is 91.0 Å². The van der Waals surface area contributed by atoms with Crippen LogP contribution in [-0.2, 0) is 9.53 Å². The average Bonchev–Trinajstić information content (AvgIpc) is 2.18. The molecule has 3 unspecified atom stereocenters. The molecule has 4 nitrogen and oxygen atoms in total. The minimum absolute atomic E-state index is 0.161. The van der Waals surface area contributed by atoms with Gasteiger partial charge in [0.05, 0.1) is 12.5 Å². The Bertz CT molecular complexity index is 208. The van der Waals surface area contributed by atoms with E-state index in [4.69, 9.17) is 9.84 Å². The molecule has 0 spiro atoms. The number of carboxylic acid groups (broad SMARTS) is 1. The average molecular weight is 215 g/mol. The van der Waals surface area contributed by atoms with E-state index in [2.05, 4.69) is 12.2 Å². The van der Waals surface area contributed by atoms with E-state index in [1.807, 2.05) is 0 Å². The summed E-state index contributed by atoms with van der Waals surface area (Å²) in [5.41, 5.74) is 0. The highest BCUT2D eigenvalue weighted by atomic mass is 16.5. The van der Waals surface area contributed by atoms with Crippen LogP contribution < -0.4 is 5.32 Å². The third-order valence-corrected chi connectivity index (χ3v) is 2.96. The van der Waals surface area contributed by atoms with E-state index in [9.17, 15) is 4.79 Å². The van der Waals surface area contributed by atoms with Crippen LogP contribution in [0.4, 0.5) is 0 Å². The van der Waals surface area contributed by atoms with Gasteiger partial charge in [0.25, 0.3) is 0 Å². The summed E-state index contributed by atoms with van der Waals surface area (Å²) in [6.07, 6.45) is 3.67. The summed E-state index contributed by atoms with van der Waals surface area (Å²) in [5.74, 6) is -0.813. The van der Waals surface area contributed by atoms with E-state index in [1.54, 1.807) is 7.11 Å². The normalized spacial score (nSPS) is 28.7. The first-order valence-electron chi connectivity index (χ1n) is 5.61. The Morgan fingerprint density at radius 2 is 2.33 bits per heavy atom. The molecule has 0 bridgehead atoms. The van der Waals surface area contributed by atoms with Crippen LogP contribution in [0, 0.1) is 5.92 Å². The van der Waals surface area contributed by atoms with E-state index < -0.39 is 5.97 Å². The van der Waals surface area contributed by atoms with Gasteiger partial charge in [0, 0.05) is 19.2 Å². The molecule has 4 heteroatoms. The summed E-state index contributed by atoms with van der Waals surface area (Å²) in [4.78, 5) is 10.9. The summed E-state index contributed by atoms with van der Waals surface area (Å²) in [7, 11) is 1.68. The lowest BCUT2D eigenvalue weighted by molar-refractivity contribution is -0.143. The fourth-order valence-electron chi connectivity index (χ4n) is 2.27. The van der Waals surface area contributed by atoms with Gasteiger partial charge in [0.2, 0.25) is 0 Å². The lowest BCUT2D eigenvalue weighted by atomic mass is 9.85. The van der Waals surface area contributed by atoms with E-state index >= 15 is 0 Å². The largest absolute Gasteiger partial charge is 0.481 e. The van der Waals surface area contributed by atoms with Gasteiger partial charge in [-0.1, -0.05) is 6.42 Å². The first kappa shape index (κ1) is 12.5. The summed E-state index contributed by atoms with van der Waals surface area (Å²) in [6, 6.07) is 0.637. The second-order valence-corrected chi connectivity index (χ2v) is 4.42. The van der Waals surface area contributed by atoms with Crippen LogP contribution >= 0.6 is 0 Å². The molecule has 0 amide bonds. The minimum Gasteiger partial charge on any atom is -0.481 e. The molecule has 0 aromatic rings. The highest BCUT2D eigenvalue weighted by Crippen LogP contribution is 2.24. The maximum absolute atomic E-state index is 10.9. The summed E-state index contributed by atoms with van der Waals surface area (Å²) >= 11 is 0. The number of ether oxygens (including phenoxy) is 1. The maximum Gasteiger partial charge on any atom is 0.306 e. The summed E-state index contributed by atoms with van der Waals surface area (Å²) in [6.45, 7) is 2.74. The Balaban J connectivity index is 2.32. The maximum atomic E-state index is 10.9. The van der Waals surface area contributed by atoms with Gasteiger partial charge in [-0.25, -0.2) is 0 Å². The first-order valence-corrected chi connectivity index (χ1v) is 5.61. The summed E-state index contributed by atoms with van der Waals surface area (Å²) < 4.78 is 5.04. The Kier molecular flexibility index (Phi) is 5.05. The molecule has 0 saturated heterocycles. The van der Waals surface area contributed by atoms with Crippen LogP contribution in [0.5, 0.6) is 0 Å². The van der Waals surface area contributed by atoms with Crippen LogP contribution in [0.3, 0.4) is 0 Å². The molecule has 88 valence electrons. The molecule has 0 radical (unpaired) electrons. The van der Waals surface area contributed by atoms with Crippen molar-refractivity contribution in [3.63, 3.8) is 0 Å².